The molecule has 0 spiro atoms. The number of carbonyl (C=O) groups is 1. The lowest BCUT2D eigenvalue weighted by Gasteiger charge is -2.39. The highest BCUT2D eigenvalue weighted by atomic mass is 16.2. The minimum Gasteiger partial charge on any atom is -0.324 e. The summed E-state index contributed by atoms with van der Waals surface area (Å²) in [5.41, 5.74) is 4.92. The Bertz CT molecular complexity index is 941. The zero-order valence-electron chi connectivity index (χ0n) is 15.6. The molecule has 0 saturated carbocycles. The van der Waals surface area contributed by atoms with Gasteiger partial charge in [0.1, 0.15) is 0 Å². The van der Waals surface area contributed by atoms with E-state index in [9.17, 15) is 4.79 Å². The van der Waals surface area contributed by atoms with E-state index in [2.05, 4.69) is 46.6 Å². The molecule has 0 atom stereocenters. The summed E-state index contributed by atoms with van der Waals surface area (Å²) in [5, 5.41) is 7.18. The number of benzene rings is 1. The Balaban J connectivity index is 1.36. The summed E-state index contributed by atoms with van der Waals surface area (Å²) in [6.45, 7) is 3.65. The van der Waals surface area contributed by atoms with Crippen molar-refractivity contribution in [3.8, 4) is 11.3 Å². The van der Waals surface area contributed by atoms with Gasteiger partial charge in [-0.2, -0.15) is 5.10 Å². The molecular weight excluding hydrogens is 338 g/mol. The molecule has 6 heteroatoms. The van der Waals surface area contributed by atoms with Gasteiger partial charge >= 0.3 is 6.03 Å². The fourth-order valence-corrected chi connectivity index (χ4v) is 3.40. The number of nitrogens with one attached hydrogen (secondary N) is 1. The number of pyridine rings is 1. The van der Waals surface area contributed by atoms with Crippen LogP contribution in [0.1, 0.15) is 11.1 Å². The van der Waals surface area contributed by atoms with Crippen LogP contribution in [0.4, 0.5) is 10.5 Å². The van der Waals surface area contributed by atoms with Gasteiger partial charge in [0.05, 0.1) is 17.6 Å². The van der Waals surface area contributed by atoms with Gasteiger partial charge in [-0.3, -0.25) is 9.67 Å². The molecule has 1 saturated heterocycles. The summed E-state index contributed by atoms with van der Waals surface area (Å²) in [5.74, 6) is 0.519. The van der Waals surface area contributed by atoms with Gasteiger partial charge in [-0.25, -0.2) is 4.79 Å². The zero-order chi connectivity index (χ0) is 18.8. The summed E-state index contributed by atoms with van der Waals surface area (Å²) in [7, 11) is 1.86. The van der Waals surface area contributed by atoms with Crippen LogP contribution >= 0.6 is 0 Å². The average molecular weight is 361 g/mol. The van der Waals surface area contributed by atoms with E-state index in [4.69, 9.17) is 0 Å². The molecule has 3 heterocycles. The normalized spacial score (nSPS) is 14.1. The lowest BCUT2D eigenvalue weighted by atomic mass is 9.92. The molecule has 6 nitrogen and oxygen atoms in total. The van der Waals surface area contributed by atoms with Gasteiger partial charge in [0.15, 0.2) is 0 Å². The number of hydrogen-bond donors (Lipinski definition) is 1. The molecule has 1 N–H and O–H groups in total. The van der Waals surface area contributed by atoms with Gasteiger partial charge < -0.3 is 10.2 Å². The van der Waals surface area contributed by atoms with Crippen molar-refractivity contribution in [3.05, 3.63) is 66.1 Å². The fraction of sp³-hybridized carbons (Fsp3) is 0.286. The van der Waals surface area contributed by atoms with E-state index in [1.165, 1.54) is 11.1 Å². The Morgan fingerprint density at radius 3 is 2.70 bits per heavy atom. The van der Waals surface area contributed by atoms with Crippen molar-refractivity contribution < 1.29 is 4.79 Å². The second-order valence-electron chi connectivity index (χ2n) is 7.19. The lowest BCUT2D eigenvalue weighted by Crippen LogP contribution is -2.52. The fourth-order valence-electron chi connectivity index (χ4n) is 3.40. The standard InChI is InChI=1S/C21H23N5O/c1-15-5-7-16(8-6-15)10-17-12-26(13-17)21(27)24-19-4-3-9-22-20(19)18-11-23-25(2)14-18/h3-9,11,14,17H,10,12-13H2,1-2H3,(H,24,27). The molecule has 0 unspecified atom stereocenters. The Hall–Kier alpha value is -3.15. The SMILES string of the molecule is Cc1ccc(CC2CN(C(=O)Nc3cccnc3-c3cnn(C)c3)C2)cc1. The van der Waals surface area contributed by atoms with E-state index in [1.807, 2.05) is 30.3 Å². The topological polar surface area (TPSA) is 63.1 Å². The predicted molar refractivity (Wildman–Crippen MR) is 105 cm³/mol. The molecule has 2 amide bonds. The van der Waals surface area contributed by atoms with Crippen LogP contribution in [0.3, 0.4) is 0 Å². The minimum atomic E-state index is -0.0757. The van der Waals surface area contributed by atoms with Crippen LogP contribution in [0.15, 0.2) is 55.0 Å². The average Bonchev–Trinajstić information content (AvgIpc) is 3.06. The van der Waals surface area contributed by atoms with Gasteiger partial charge in [-0.1, -0.05) is 29.8 Å². The number of hydrogen-bond acceptors (Lipinski definition) is 3. The number of likely N-dealkylation sites (tertiary alicyclic amines) is 1. The molecule has 27 heavy (non-hydrogen) atoms. The summed E-state index contributed by atoms with van der Waals surface area (Å²) in [6, 6.07) is 12.2. The lowest BCUT2D eigenvalue weighted by molar-refractivity contribution is 0.131. The van der Waals surface area contributed by atoms with Crippen molar-refractivity contribution in [2.45, 2.75) is 13.3 Å². The molecular formula is C21H23N5O. The minimum absolute atomic E-state index is 0.0757. The van der Waals surface area contributed by atoms with Crippen LogP contribution in [0.25, 0.3) is 11.3 Å². The highest BCUT2D eigenvalue weighted by Crippen LogP contribution is 2.27. The molecule has 2 aromatic heterocycles. The number of aromatic nitrogens is 3. The summed E-state index contributed by atoms with van der Waals surface area (Å²) in [6.07, 6.45) is 6.37. The van der Waals surface area contributed by atoms with Crippen molar-refractivity contribution >= 4 is 11.7 Å². The summed E-state index contributed by atoms with van der Waals surface area (Å²) >= 11 is 0. The molecule has 3 aromatic rings. The number of rotatable bonds is 4. The molecule has 1 aromatic carbocycles. The number of urea groups is 1. The Morgan fingerprint density at radius 2 is 2.00 bits per heavy atom. The first-order valence-electron chi connectivity index (χ1n) is 9.14. The maximum Gasteiger partial charge on any atom is 0.321 e. The summed E-state index contributed by atoms with van der Waals surface area (Å²) in [4.78, 5) is 18.8. The van der Waals surface area contributed by atoms with Crippen LogP contribution in [0.5, 0.6) is 0 Å². The first kappa shape index (κ1) is 17.3. The molecule has 1 aliphatic heterocycles. The van der Waals surface area contributed by atoms with Gasteiger partial charge in [0, 0.05) is 38.1 Å². The third kappa shape index (κ3) is 3.84. The van der Waals surface area contributed by atoms with E-state index >= 15 is 0 Å². The monoisotopic (exact) mass is 361 g/mol. The van der Waals surface area contributed by atoms with E-state index in [1.54, 1.807) is 17.1 Å². The van der Waals surface area contributed by atoms with Crippen molar-refractivity contribution in [2.24, 2.45) is 13.0 Å². The van der Waals surface area contributed by atoms with Gasteiger partial charge in [0.25, 0.3) is 0 Å². The van der Waals surface area contributed by atoms with E-state index in [0.29, 0.717) is 11.6 Å². The first-order chi connectivity index (χ1) is 13.1. The smallest absolute Gasteiger partial charge is 0.321 e. The summed E-state index contributed by atoms with van der Waals surface area (Å²) < 4.78 is 1.72. The van der Waals surface area contributed by atoms with Crippen molar-refractivity contribution in [2.75, 3.05) is 18.4 Å². The van der Waals surface area contributed by atoms with Crippen LogP contribution in [0, 0.1) is 12.8 Å². The van der Waals surface area contributed by atoms with Gasteiger partial charge in [0.2, 0.25) is 0 Å². The number of amides is 2. The maximum atomic E-state index is 12.6. The highest BCUT2D eigenvalue weighted by molar-refractivity contribution is 5.93. The molecule has 0 radical (unpaired) electrons. The highest BCUT2D eigenvalue weighted by Gasteiger charge is 2.31. The maximum absolute atomic E-state index is 12.6. The van der Waals surface area contributed by atoms with Crippen LogP contribution < -0.4 is 5.32 Å². The Kier molecular flexibility index (Phi) is 4.62. The van der Waals surface area contributed by atoms with Crippen molar-refractivity contribution in [1.29, 1.82) is 0 Å². The Labute approximate surface area is 158 Å². The first-order valence-corrected chi connectivity index (χ1v) is 9.14. The number of carbonyl (C=O) groups excluding carboxylic acids is 1. The third-order valence-electron chi connectivity index (χ3n) is 4.92. The second-order valence-corrected chi connectivity index (χ2v) is 7.19. The number of aryl methyl sites for hydroxylation is 2. The van der Waals surface area contributed by atoms with E-state index < -0.39 is 0 Å². The third-order valence-corrected chi connectivity index (χ3v) is 4.92. The van der Waals surface area contributed by atoms with Crippen LogP contribution in [0.2, 0.25) is 0 Å². The molecule has 0 aliphatic carbocycles. The Morgan fingerprint density at radius 1 is 1.22 bits per heavy atom. The van der Waals surface area contributed by atoms with Crippen LogP contribution in [-0.2, 0) is 13.5 Å². The largest absolute Gasteiger partial charge is 0.324 e. The van der Waals surface area contributed by atoms with E-state index in [0.717, 1.165) is 30.8 Å². The number of anilines is 1. The molecule has 1 fully saturated rings. The molecule has 4 rings (SSSR count). The molecule has 0 bridgehead atoms. The van der Waals surface area contributed by atoms with Gasteiger partial charge in [-0.15, -0.1) is 0 Å². The zero-order valence-corrected chi connectivity index (χ0v) is 15.6. The predicted octanol–water partition coefficient (Wildman–Crippen LogP) is 3.50. The van der Waals surface area contributed by atoms with Crippen molar-refractivity contribution in [3.63, 3.8) is 0 Å². The molecule has 138 valence electrons. The van der Waals surface area contributed by atoms with Gasteiger partial charge in [-0.05, 0) is 37.0 Å². The van der Waals surface area contributed by atoms with Crippen LogP contribution in [-0.4, -0.2) is 38.8 Å². The molecule has 1 aliphatic rings. The second kappa shape index (κ2) is 7.23. The quantitative estimate of drug-likeness (QED) is 0.774. The van der Waals surface area contributed by atoms with Crippen molar-refractivity contribution in [1.82, 2.24) is 19.7 Å². The van der Waals surface area contributed by atoms with E-state index in [-0.39, 0.29) is 6.03 Å². The number of nitrogens with zero attached hydrogens (tertiary/aromatic N) is 4.